The summed E-state index contributed by atoms with van der Waals surface area (Å²) in [5, 5.41) is 6.27. The monoisotopic (exact) mass is 288 g/mol. The molecule has 5 heteroatoms. The molecule has 0 bridgehead atoms. The molecule has 0 radical (unpaired) electrons. The Morgan fingerprint density at radius 3 is 2.48 bits per heavy atom. The van der Waals surface area contributed by atoms with Gasteiger partial charge >= 0.3 is 0 Å². The van der Waals surface area contributed by atoms with Crippen molar-refractivity contribution in [2.75, 3.05) is 51.1 Å². The highest BCUT2D eigenvalue weighted by molar-refractivity contribution is 5.90. The van der Waals surface area contributed by atoms with E-state index in [-0.39, 0.29) is 5.91 Å². The van der Waals surface area contributed by atoms with E-state index in [0.29, 0.717) is 6.42 Å². The molecule has 2 aliphatic heterocycles. The molecule has 0 atom stereocenters. The van der Waals surface area contributed by atoms with Crippen molar-refractivity contribution in [3.05, 3.63) is 30.3 Å². The molecular weight excluding hydrogens is 264 g/mol. The summed E-state index contributed by atoms with van der Waals surface area (Å²) in [6, 6.07) is 10.4. The zero-order valence-corrected chi connectivity index (χ0v) is 12.4. The van der Waals surface area contributed by atoms with E-state index in [1.165, 1.54) is 0 Å². The molecule has 1 aromatic carbocycles. The number of piperazine rings is 1. The molecule has 2 fully saturated rings. The molecular formula is C16H24N4O. The van der Waals surface area contributed by atoms with Crippen molar-refractivity contribution in [3.63, 3.8) is 0 Å². The fourth-order valence-electron chi connectivity index (χ4n) is 2.89. The maximum atomic E-state index is 11.9. The average molecular weight is 288 g/mol. The predicted molar refractivity (Wildman–Crippen MR) is 84.4 cm³/mol. The highest BCUT2D eigenvalue weighted by Crippen LogP contribution is 2.10. The minimum atomic E-state index is 0.104. The number of anilines is 1. The Kier molecular flexibility index (Phi) is 4.85. The Labute approximate surface area is 126 Å². The van der Waals surface area contributed by atoms with Crippen LogP contribution >= 0.6 is 0 Å². The molecule has 0 aromatic heterocycles. The minimum absolute atomic E-state index is 0.104. The lowest BCUT2D eigenvalue weighted by Gasteiger charge is -2.43. The molecule has 1 amide bonds. The molecule has 3 rings (SSSR count). The van der Waals surface area contributed by atoms with Crippen molar-refractivity contribution < 1.29 is 4.79 Å². The lowest BCUT2D eigenvalue weighted by atomic mass is 10.1. The number of hydrogen-bond acceptors (Lipinski definition) is 4. The number of nitrogens with one attached hydrogen (secondary N) is 2. The van der Waals surface area contributed by atoms with Gasteiger partial charge in [-0.05, 0) is 12.1 Å². The zero-order chi connectivity index (χ0) is 14.5. The van der Waals surface area contributed by atoms with Crippen LogP contribution in [0.2, 0.25) is 0 Å². The van der Waals surface area contributed by atoms with Crippen LogP contribution in [0.25, 0.3) is 0 Å². The van der Waals surface area contributed by atoms with Gasteiger partial charge in [0.1, 0.15) is 0 Å². The average Bonchev–Trinajstić information content (AvgIpc) is 2.46. The molecule has 2 heterocycles. The van der Waals surface area contributed by atoms with E-state index in [1.807, 2.05) is 30.3 Å². The van der Waals surface area contributed by atoms with Crippen LogP contribution in [0.15, 0.2) is 30.3 Å². The third-order valence-electron chi connectivity index (χ3n) is 4.40. The zero-order valence-electron chi connectivity index (χ0n) is 12.4. The third-order valence-corrected chi connectivity index (χ3v) is 4.40. The van der Waals surface area contributed by atoms with Crippen molar-refractivity contribution in [2.45, 2.75) is 12.5 Å². The Morgan fingerprint density at radius 1 is 1.14 bits per heavy atom. The van der Waals surface area contributed by atoms with Crippen molar-refractivity contribution >= 4 is 11.6 Å². The van der Waals surface area contributed by atoms with Crippen molar-refractivity contribution in [2.24, 2.45) is 0 Å². The summed E-state index contributed by atoms with van der Waals surface area (Å²) in [7, 11) is 0. The second-order valence-corrected chi connectivity index (χ2v) is 5.85. The van der Waals surface area contributed by atoms with Gasteiger partial charge in [-0.2, -0.15) is 0 Å². The summed E-state index contributed by atoms with van der Waals surface area (Å²) < 4.78 is 0. The number of carbonyl (C=O) groups excluding carboxylic acids is 1. The predicted octanol–water partition coefficient (Wildman–Crippen LogP) is 0.605. The summed E-state index contributed by atoms with van der Waals surface area (Å²) in [4.78, 5) is 16.9. The second-order valence-electron chi connectivity index (χ2n) is 5.85. The second kappa shape index (κ2) is 7.02. The van der Waals surface area contributed by atoms with Gasteiger partial charge in [-0.1, -0.05) is 18.2 Å². The summed E-state index contributed by atoms with van der Waals surface area (Å²) in [5.41, 5.74) is 0.879. The van der Waals surface area contributed by atoms with E-state index in [2.05, 4.69) is 20.4 Å². The number of benzene rings is 1. The number of para-hydroxylation sites is 1. The van der Waals surface area contributed by atoms with Gasteiger partial charge in [0, 0.05) is 64.0 Å². The highest BCUT2D eigenvalue weighted by atomic mass is 16.1. The van der Waals surface area contributed by atoms with Crippen LogP contribution in [-0.2, 0) is 4.79 Å². The van der Waals surface area contributed by atoms with Crippen LogP contribution in [0.5, 0.6) is 0 Å². The topological polar surface area (TPSA) is 47.6 Å². The standard InChI is InChI=1S/C16H24N4O/c21-16(18-14-4-2-1-3-5-14)6-7-19-8-10-20(11-9-19)15-12-17-13-15/h1-5,15,17H,6-13H2,(H,18,21). The summed E-state index contributed by atoms with van der Waals surface area (Å²) >= 11 is 0. The van der Waals surface area contributed by atoms with E-state index in [4.69, 9.17) is 0 Å². The fourth-order valence-corrected chi connectivity index (χ4v) is 2.89. The Bertz CT molecular complexity index is 453. The SMILES string of the molecule is O=C(CCN1CCN(C2CNC2)CC1)Nc1ccccc1. The molecule has 1 aromatic rings. The number of nitrogens with zero attached hydrogens (tertiary/aromatic N) is 2. The highest BCUT2D eigenvalue weighted by Gasteiger charge is 2.27. The van der Waals surface area contributed by atoms with Gasteiger partial charge < -0.3 is 15.5 Å². The number of carbonyl (C=O) groups is 1. The number of hydrogen-bond donors (Lipinski definition) is 2. The molecule has 2 aliphatic rings. The van der Waals surface area contributed by atoms with E-state index in [1.54, 1.807) is 0 Å². The molecule has 0 aliphatic carbocycles. The van der Waals surface area contributed by atoms with Gasteiger partial charge in [0.15, 0.2) is 0 Å². The third kappa shape index (κ3) is 4.03. The summed E-state index contributed by atoms with van der Waals surface area (Å²) in [6.07, 6.45) is 0.569. The van der Waals surface area contributed by atoms with Crippen molar-refractivity contribution in [1.29, 1.82) is 0 Å². The Balaban J connectivity index is 1.35. The van der Waals surface area contributed by atoms with Gasteiger partial charge in [-0.25, -0.2) is 0 Å². The first-order valence-electron chi connectivity index (χ1n) is 7.83. The van der Waals surface area contributed by atoms with Crippen molar-refractivity contribution in [3.8, 4) is 0 Å². The molecule has 0 spiro atoms. The lowest BCUT2D eigenvalue weighted by Crippen LogP contribution is -2.61. The van der Waals surface area contributed by atoms with Gasteiger partial charge in [0.05, 0.1) is 0 Å². The maximum absolute atomic E-state index is 11.9. The first kappa shape index (κ1) is 14.5. The molecule has 2 N–H and O–H groups in total. The summed E-state index contributed by atoms with van der Waals surface area (Å²) in [6.45, 7) is 7.55. The number of amides is 1. The number of rotatable bonds is 5. The smallest absolute Gasteiger partial charge is 0.225 e. The van der Waals surface area contributed by atoms with Crippen LogP contribution in [0.1, 0.15) is 6.42 Å². The molecule has 114 valence electrons. The van der Waals surface area contributed by atoms with Gasteiger partial charge in [0.25, 0.3) is 0 Å². The minimum Gasteiger partial charge on any atom is -0.326 e. The van der Waals surface area contributed by atoms with E-state index in [0.717, 1.165) is 57.5 Å². The van der Waals surface area contributed by atoms with Gasteiger partial charge in [0.2, 0.25) is 5.91 Å². The maximum Gasteiger partial charge on any atom is 0.225 e. The normalized spacial score (nSPS) is 21.0. The largest absolute Gasteiger partial charge is 0.326 e. The molecule has 0 saturated carbocycles. The van der Waals surface area contributed by atoms with Gasteiger partial charge in [-0.3, -0.25) is 9.69 Å². The van der Waals surface area contributed by atoms with Crippen LogP contribution < -0.4 is 10.6 Å². The molecule has 0 unspecified atom stereocenters. The van der Waals surface area contributed by atoms with Crippen LogP contribution in [0.4, 0.5) is 5.69 Å². The molecule has 21 heavy (non-hydrogen) atoms. The van der Waals surface area contributed by atoms with E-state index >= 15 is 0 Å². The van der Waals surface area contributed by atoms with Crippen LogP contribution in [0.3, 0.4) is 0 Å². The van der Waals surface area contributed by atoms with Crippen LogP contribution in [-0.4, -0.2) is 67.6 Å². The van der Waals surface area contributed by atoms with E-state index < -0.39 is 0 Å². The first-order valence-corrected chi connectivity index (χ1v) is 7.83. The van der Waals surface area contributed by atoms with Crippen molar-refractivity contribution in [1.82, 2.24) is 15.1 Å². The quantitative estimate of drug-likeness (QED) is 0.833. The molecule has 2 saturated heterocycles. The first-order chi connectivity index (χ1) is 10.3. The Hall–Kier alpha value is -1.43. The van der Waals surface area contributed by atoms with Gasteiger partial charge in [-0.15, -0.1) is 0 Å². The lowest BCUT2D eigenvalue weighted by molar-refractivity contribution is -0.116. The van der Waals surface area contributed by atoms with E-state index in [9.17, 15) is 4.79 Å². The molecule has 5 nitrogen and oxygen atoms in total. The fraction of sp³-hybridized carbons (Fsp3) is 0.562. The Morgan fingerprint density at radius 2 is 1.86 bits per heavy atom. The summed E-state index contributed by atoms with van der Waals surface area (Å²) in [5.74, 6) is 0.104. The van der Waals surface area contributed by atoms with Crippen LogP contribution in [0, 0.1) is 0 Å².